The van der Waals surface area contributed by atoms with E-state index in [1.807, 2.05) is 0 Å². The van der Waals surface area contributed by atoms with Crippen molar-refractivity contribution in [3.8, 4) is 0 Å². The van der Waals surface area contributed by atoms with Crippen molar-refractivity contribution in [1.29, 1.82) is 0 Å². The van der Waals surface area contributed by atoms with Crippen molar-refractivity contribution < 1.29 is 4.74 Å². The van der Waals surface area contributed by atoms with Crippen LogP contribution in [0.1, 0.15) is 46.1 Å². The van der Waals surface area contributed by atoms with Gasteiger partial charge < -0.3 is 15.4 Å². The highest BCUT2D eigenvalue weighted by atomic mass is 16.5. The number of nitrogens with zero attached hydrogens (tertiary/aromatic N) is 2. The van der Waals surface area contributed by atoms with E-state index in [0.717, 1.165) is 56.2 Å². The fourth-order valence-electron chi connectivity index (χ4n) is 1.97. The number of unbranched alkanes of at least 4 members (excludes halogenated alkanes) is 1. The summed E-state index contributed by atoms with van der Waals surface area (Å²) < 4.78 is 5.53. The van der Waals surface area contributed by atoms with Gasteiger partial charge in [-0.3, -0.25) is 0 Å². The number of nitrogens with one attached hydrogen (secondary N) is 2. The molecule has 0 aliphatic heterocycles. The summed E-state index contributed by atoms with van der Waals surface area (Å²) in [6.07, 6.45) is 5.00. The summed E-state index contributed by atoms with van der Waals surface area (Å²) in [7, 11) is 0. The first-order chi connectivity index (χ1) is 9.69. The van der Waals surface area contributed by atoms with Crippen molar-refractivity contribution in [3.05, 3.63) is 11.9 Å². The third-order valence-electron chi connectivity index (χ3n) is 2.96. The normalized spacial score (nSPS) is 10.8. The van der Waals surface area contributed by atoms with Crippen LogP contribution in [-0.2, 0) is 11.2 Å². The van der Waals surface area contributed by atoms with Crippen LogP contribution in [0.5, 0.6) is 0 Å². The van der Waals surface area contributed by atoms with Crippen LogP contribution in [0.2, 0.25) is 0 Å². The first-order valence-corrected chi connectivity index (χ1v) is 7.62. The molecule has 114 valence electrons. The Labute approximate surface area is 122 Å². The van der Waals surface area contributed by atoms with Crippen molar-refractivity contribution in [2.24, 2.45) is 0 Å². The lowest BCUT2D eigenvalue weighted by Crippen LogP contribution is -2.11. The lowest BCUT2D eigenvalue weighted by Gasteiger charge is -2.13. The highest BCUT2D eigenvalue weighted by molar-refractivity contribution is 5.57. The van der Waals surface area contributed by atoms with Crippen LogP contribution in [-0.4, -0.2) is 35.8 Å². The molecule has 1 rings (SSSR count). The first-order valence-electron chi connectivity index (χ1n) is 7.62. The lowest BCUT2D eigenvalue weighted by atomic mass is 10.2. The van der Waals surface area contributed by atoms with Gasteiger partial charge in [0.15, 0.2) is 0 Å². The van der Waals surface area contributed by atoms with Gasteiger partial charge in [0.1, 0.15) is 18.0 Å². The molecule has 1 aromatic heterocycles. The predicted molar refractivity (Wildman–Crippen MR) is 84.4 cm³/mol. The van der Waals surface area contributed by atoms with Gasteiger partial charge in [0.25, 0.3) is 0 Å². The second kappa shape index (κ2) is 9.53. The number of anilines is 2. The highest BCUT2D eigenvalue weighted by Gasteiger charge is 2.08. The Balaban J connectivity index is 2.41. The Hall–Kier alpha value is -1.36. The molecule has 0 fully saturated rings. The molecule has 0 unspecified atom stereocenters. The minimum Gasteiger partial charge on any atom is -0.379 e. The van der Waals surface area contributed by atoms with Crippen molar-refractivity contribution in [2.45, 2.75) is 53.1 Å². The topological polar surface area (TPSA) is 59.1 Å². The van der Waals surface area contributed by atoms with Gasteiger partial charge in [-0.2, -0.15) is 0 Å². The summed E-state index contributed by atoms with van der Waals surface area (Å²) in [5.41, 5.74) is 1.16. The van der Waals surface area contributed by atoms with Gasteiger partial charge >= 0.3 is 0 Å². The van der Waals surface area contributed by atoms with Crippen LogP contribution < -0.4 is 10.6 Å². The largest absolute Gasteiger partial charge is 0.379 e. The van der Waals surface area contributed by atoms with Gasteiger partial charge in [-0.15, -0.1) is 0 Å². The third kappa shape index (κ3) is 5.74. The molecular weight excluding hydrogens is 252 g/mol. The van der Waals surface area contributed by atoms with E-state index in [1.165, 1.54) is 0 Å². The van der Waals surface area contributed by atoms with E-state index in [9.17, 15) is 0 Å². The van der Waals surface area contributed by atoms with Crippen LogP contribution in [0.25, 0.3) is 0 Å². The quantitative estimate of drug-likeness (QED) is 0.645. The number of hydrogen-bond acceptors (Lipinski definition) is 5. The van der Waals surface area contributed by atoms with E-state index < -0.39 is 0 Å². The highest BCUT2D eigenvalue weighted by Crippen LogP contribution is 2.20. The molecule has 0 saturated carbocycles. The van der Waals surface area contributed by atoms with Gasteiger partial charge in [-0.05, 0) is 40.0 Å². The van der Waals surface area contributed by atoms with Crippen molar-refractivity contribution >= 4 is 11.6 Å². The number of hydrogen-bond donors (Lipinski definition) is 2. The fourth-order valence-corrected chi connectivity index (χ4v) is 1.97. The second-order valence-electron chi connectivity index (χ2n) is 4.99. The summed E-state index contributed by atoms with van der Waals surface area (Å²) in [4.78, 5) is 8.64. The van der Waals surface area contributed by atoms with Crippen molar-refractivity contribution in [2.75, 3.05) is 30.3 Å². The summed E-state index contributed by atoms with van der Waals surface area (Å²) in [6.45, 7) is 10.9. The number of aromatic nitrogens is 2. The van der Waals surface area contributed by atoms with E-state index in [2.05, 4.69) is 48.3 Å². The van der Waals surface area contributed by atoms with Gasteiger partial charge in [0, 0.05) is 25.3 Å². The van der Waals surface area contributed by atoms with Crippen LogP contribution in [0.3, 0.4) is 0 Å². The Morgan fingerprint density at radius 3 is 2.40 bits per heavy atom. The molecule has 0 saturated heterocycles. The number of ether oxygens (including phenoxy) is 1. The molecule has 0 aliphatic carbocycles. The van der Waals surface area contributed by atoms with Crippen molar-refractivity contribution in [3.63, 3.8) is 0 Å². The Kier molecular flexibility index (Phi) is 7.95. The SMILES string of the molecule is CCNc1ncnc(NCCCCOC(C)C)c1CC. The molecule has 1 heterocycles. The third-order valence-corrected chi connectivity index (χ3v) is 2.96. The van der Waals surface area contributed by atoms with Gasteiger partial charge in [-0.25, -0.2) is 9.97 Å². The molecule has 20 heavy (non-hydrogen) atoms. The summed E-state index contributed by atoms with van der Waals surface area (Å²) in [6, 6.07) is 0. The lowest BCUT2D eigenvalue weighted by molar-refractivity contribution is 0.0765. The molecule has 0 atom stereocenters. The molecule has 2 N–H and O–H groups in total. The van der Waals surface area contributed by atoms with Crippen LogP contribution in [0.4, 0.5) is 11.6 Å². The maximum atomic E-state index is 5.53. The summed E-state index contributed by atoms with van der Waals surface area (Å²) in [5.74, 6) is 1.89. The first kappa shape index (κ1) is 16.7. The standard InChI is InChI=1S/C15H28N4O/c1-5-13-14(16-6-2)18-11-19-15(13)17-9-7-8-10-20-12(3)4/h11-12H,5-10H2,1-4H3,(H2,16,17,18,19). The fraction of sp³-hybridized carbons (Fsp3) is 0.733. The molecule has 0 spiro atoms. The average Bonchev–Trinajstić information content (AvgIpc) is 2.43. The molecule has 0 aromatic carbocycles. The maximum Gasteiger partial charge on any atom is 0.134 e. The zero-order valence-corrected chi connectivity index (χ0v) is 13.2. The molecule has 0 radical (unpaired) electrons. The van der Waals surface area contributed by atoms with Crippen LogP contribution in [0.15, 0.2) is 6.33 Å². The number of rotatable bonds is 10. The minimum absolute atomic E-state index is 0.319. The summed E-state index contributed by atoms with van der Waals surface area (Å²) >= 11 is 0. The Morgan fingerprint density at radius 1 is 1.10 bits per heavy atom. The van der Waals surface area contributed by atoms with Gasteiger partial charge in [-0.1, -0.05) is 6.92 Å². The molecule has 5 heteroatoms. The monoisotopic (exact) mass is 280 g/mol. The van der Waals surface area contributed by atoms with Crippen LogP contribution >= 0.6 is 0 Å². The van der Waals surface area contributed by atoms with E-state index >= 15 is 0 Å². The van der Waals surface area contributed by atoms with Crippen molar-refractivity contribution in [1.82, 2.24) is 9.97 Å². The maximum absolute atomic E-state index is 5.53. The van der Waals surface area contributed by atoms with Gasteiger partial charge in [0.2, 0.25) is 0 Å². The molecule has 0 aliphatic rings. The Morgan fingerprint density at radius 2 is 1.80 bits per heavy atom. The molecule has 0 amide bonds. The van der Waals surface area contributed by atoms with E-state index in [-0.39, 0.29) is 0 Å². The molecule has 0 bridgehead atoms. The van der Waals surface area contributed by atoms with Crippen LogP contribution in [0, 0.1) is 0 Å². The predicted octanol–water partition coefficient (Wildman–Crippen LogP) is 3.09. The molecule has 1 aromatic rings. The summed E-state index contributed by atoms with van der Waals surface area (Å²) in [5, 5.41) is 6.68. The zero-order chi connectivity index (χ0) is 14.8. The smallest absolute Gasteiger partial charge is 0.134 e. The van der Waals surface area contributed by atoms with E-state index in [1.54, 1.807) is 6.33 Å². The second-order valence-corrected chi connectivity index (χ2v) is 4.99. The Bertz CT molecular complexity index is 382. The van der Waals surface area contributed by atoms with E-state index in [0.29, 0.717) is 6.10 Å². The van der Waals surface area contributed by atoms with E-state index in [4.69, 9.17) is 4.74 Å². The molecular formula is C15H28N4O. The minimum atomic E-state index is 0.319. The zero-order valence-electron chi connectivity index (χ0n) is 13.2. The average molecular weight is 280 g/mol. The van der Waals surface area contributed by atoms with Gasteiger partial charge in [0.05, 0.1) is 6.10 Å². The molecule has 5 nitrogen and oxygen atoms in total.